The van der Waals surface area contributed by atoms with Gasteiger partial charge in [0, 0.05) is 11.9 Å². The average Bonchev–Trinajstić information content (AvgIpc) is 3.41. The highest BCUT2D eigenvalue weighted by Crippen LogP contribution is 2.32. The summed E-state index contributed by atoms with van der Waals surface area (Å²) in [6.07, 6.45) is 2.43. The van der Waals surface area contributed by atoms with Crippen LogP contribution in [-0.2, 0) is 0 Å². The highest BCUT2D eigenvalue weighted by molar-refractivity contribution is 7.21. The van der Waals surface area contributed by atoms with E-state index in [9.17, 15) is 4.79 Å². The van der Waals surface area contributed by atoms with E-state index in [1.165, 1.54) is 12.8 Å². The van der Waals surface area contributed by atoms with Gasteiger partial charge in [0.05, 0.1) is 21.3 Å². The van der Waals surface area contributed by atoms with E-state index in [2.05, 4.69) is 11.4 Å². The number of pyridine rings is 1. The lowest BCUT2D eigenvalue weighted by atomic mass is 10.1. The molecular weight excluding hydrogens is 342 g/mol. The van der Waals surface area contributed by atoms with Gasteiger partial charge in [-0.2, -0.15) is 0 Å². The number of carbonyl (C=O) groups excluding carboxylic acids is 1. The van der Waals surface area contributed by atoms with Crippen LogP contribution >= 0.6 is 11.3 Å². The van der Waals surface area contributed by atoms with Gasteiger partial charge >= 0.3 is 0 Å². The molecular formula is C21H17N3OS. The number of nitrogens with one attached hydrogen (secondary N) is 1. The summed E-state index contributed by atoms with van der Waals surface area (Å²) in [6.45, 7) is 0.756. The van der Waals surface area contributed by atoms with Crippen LogP contribution in [0.15, 0.2) is 54.6 Å². The van der Waals surface area contributed by atoms with Gasteiger partial charge in [-0.1, -0.05) is 30.3 Å². The molecule has 1 aliphatic carbocycles. The third kappa shape index (κ3) is 2.84. The summed E-state index contributed by atoms with van der Waals surface area (Å²) < 4.78 is 1.12. The van der Waals surface area contributed by atoms with Gasteiger partial charge in [-0.15, -0.1) is 11.3 Å². The number of hydrogen-bond donors (Lipinski definition) is 1. The number of benzene rings is 2. The van der Waals surface area contributed by atoms with Crippen molar-refractivity contribution in [2.75, 3.05) is 6.54 Å². The molecule has 4 aromatic rings. The Morgan fingerprint density at radius 1 is 1.04 bits per heavy atom. The molecule has 0 atom stereocenters. The minimum atomic E-state index is -0.0298. The minimum Gasteiger partial charge on any atom is -0.352 e. The molecule has 0 bridgehead atoms. The summed E-state index contributed by atoms with van der Waals surface area (Å²) in [6, 6.07) is 17.7. The SMILES string of the molecule is O=C(NCC1CC1)c1cc(-c2nc3ccccc3s2)nc2ccccc12. The molecule has 0 unspecified atom stereocenters. The van der Waals surface area contributed by atoms with Crippen molar-refractivity contribution >= 4 is 38.4 Å². The van der Waals surface area contributed by atoms with E-state index in [0.717, 1.165) is 38.4 Å². The Morgan fingerprint density at radius 3 is 2.62 bits per heavy atom. The van der Waals surface area contributed by atoms with Crippen LogP contribution in [0.1, 0.15) is 23.2 Å². The van der Waals surface area contributed by atoms with Crippen LogP contribution in [0.5, 0.6) is 0 Å². The molecule has 1 N–H and O–H groups in total. The topological polar surface area (TPSA) is 54.9 Å². The molecule has 0 saturated heterocycles. The minimum absolute atomic E-state index is 0.0298. The molecule has 0 radical (unpaired) electrons. The summed E-state index contributed by atoms with van der Waals surface area (Å²) in [5.74, 6) is 0.619. The van der Waals surface area contributed by atoms with Crippen molar-refractivity contribution in [1.82, 2.24) is 15.3 Å². The smallest absolute Gasteiger partial charge is 0.252 e. The van der Waals surface area contributed by atoms with Crippen molar-refractivity contribution in [3.63, 3.8) is 0 Å². The standard InChI is InChI=1S/C21H17N3OS/c25-20(22-12-13-9-10-13)15-11-18(23-16-6-2-1-5-14(15)16)21-24-17-7-3-4-8-19(17)26-21/h1-8,11,13H,9-10,12H2,(H,22,25). The van der Waals surface area contributed by atoms with E-state index in [1.807, 2.05) is 48.5 Å². The molecule has 5 heteroatoms. The summed E-state index contributed by atoms with van der Waals surface area (Å²) in [4.78, 5) is 22.2. The number of fused-ring (bicyclic) bond motifs is 2. The maximum atomic E-state index is 12.8. The highest BCUT2D eigenvalue weighted by Gasteiger charge is 2.23. The first-order chi connectivity index (χ1) is 12.8. The van der Waals surface area contributed by atoms with E-state index in [1.54, 1.807) is 11.3 Å². The third-order valence-corrected chi connectivity index (χ3v) is 5.78. The molecule has 128 valence electrons. The largest absolute Gasteiger partial charge is 0.352 e. The molecule has 26 heavy (non-hydrogen) atoms. The van der Waals surface area contributed by atoms with Crippen LogP contribution in [0.2, 0.25) is 0 Å². The lowest BCUT2D eigenvalue weighted by Gasteiger charge is -2.09. The Kier molecular flexibility index (Phi) is 3.68. The first kappa shape index (κ1) is 15.5. The second kappa shape index (κ2) is 6.18. The predicted octanol–water partition coefficient (Wildman–Crippen LogP) is 4.65. The van der Waals surface area contributed by atoms with Crippen LogP contribution in [0.4, 0.5) is 0 Å². The van der Waals surface area contributed by atoms with Gasteiger partial charge < -0.3 is 5.32 Å². The van der Waals surface area contributed by atoms with Crippen LogP contribution in [-0.4, -0.2) is 22.4 Å². The monoisotopic (exact) mass is 359 g/mol. The second-order valence-corrected chi connectivity index (χ2v) is 7.74. The number of aromatic nitrogens is 2. The molecule has 1 fully saturated rings. The van der Waals surface area contributed by atoms with Gasteiger partial charge in [-0.05, 0) is 43.0 Å². The molecule has 2 aromatic carbocycles. The molecule has 2 heterocycles. The van der Waals surface area contributed by atoms with E-state index in [0.29, 0.717) is 11.5 Å². The molecule has 1 saturated carbocycles. The molecule has 5 rings (SSSR count). The zero-order valence-electron chi connectivity index (χ0n) is 14.1. The first-order valence-corrected chi connectivity index (χ1v) is 9.63. The van der Waals surface area contributed by atoms with Crippen molar-refractivity contribution in [3.05, 3.63) is 60.2 Å². The zero-order chi connectivity index (χ0) is 17.5. The van der Waals surface area contributed by atoms with Gasteiger partial charge in [0.1, 0.15) is 10.7 Å². The second-order valence-electron chi connectivity index (χ2n) is 6.71. The Hall–Kier alpha value is -2.79. The Balaban J connectivity index is 1.62. The third-order valence-electron chi connectivity index (χ3n) is 4.72. The van der Waals surface area contributed by atoms with E-state index >= 15 is 0 Å². The first-order valence-electron chi connectivity index (χ1n) is 8.82. The van der Waals surface area contributed by atoms with E-state index in [-0.39, 0.29) is 5.91 Å². The normalized spacial score (nSPS) is 14.0. The molecule has 0 spiro atoms. The molecule has 1 aliphatic rings. The van der Waals surface area contributed by atoms with Crippen molar-refractivity contribution < 1.29 is 4.79 Å². The number of hydrogen-bond acceptors (Lipinski definition) is 4. The van der Waals surface area contributed by atoms with Gasteiger partial charge in [-0.3, -0.25) is 4.79 Å². The zero-order valence-corrected chi connectivity index (χ0v) is 14.9. The highest BCUT2D eigenvalue weighted by atomic mass is 32.1. The summed E-state index contributed by atoms with van der Waals surface area (Å²) in [7, 11) is 0. The lowest BCUT2D eigenvalue weighted by molar-refractivity contribution is 0.0953. The number of nitrogens with zero attached hydrogens (tertiary/aromatic N) is 2. The number of carbonyl (C=O) groups is 1. The molecule has 1 amide bonds. The quantitative estimate of drug-likeness (QED) is 0.577. The van der Waals surface area contributed by atoms with Crippen molar-refractivity contribution in [1.29, 1.82) is 0 Å². The Morgan fingerprint density at radius 2 is 1.81 bits per heavy atom. The summed E-state index contributed by atoms with van der Waals surface area (Å²) >= 11 is 1.60. The van der Waals surface area contributed by atoms with Crippen molar-refractivity contribution in [3.8, 4) is 10.7 Å². The van der Waals surface area contributed by atoms with Gasteiger partial charge in [0.25, 0.3) is 5.91 Å². The van der Waals surface area contributed by atoms with Gasteiger partial charge in [0.2, 0.25) is 0 Å². The fourth-order valence-electron chi connectivity index (χ4n) is 3.11. The van der Waals surface area contributed by atoms with Crippen molar-refractivity contribution in [2.45, 2.75) is 12.8 Å². The average molecular weight is 359 g/mol. The summed E-state index contributed by atoms with van der Waals surface area (Å²) in [5.41, 5.74) is 3.20. The van der Waals surface area contributed by atoms with Crippen LogP contribution in [0, 0.1) is 5.92 Å². The maximum Gasteiger partial charge on any atom is 0.252 e. The fourth-order valence-corrected chi connectivity index (χ4v) is 4.04. The van der Waals surface area contributed by atoms with Crippen LogP contribution < -0.4 is 5.32 Å². The Bertz CT molecular complexity index is 1100. The molecule has 0 aliphatic heterocycles. The molecule has 2 aromatic heterocycles. The van der Waals surface area contributed by atoms with E-state index in [4.69, 9.17) is 9.97 Å². The Labute approximate surface area is 154 Å². The van der Waals surface area contributed by atoms with E-state index < -0.39 is 0 Å². The summed E-state index contributed by atoms with van der Waals surface area (Å²) in [5, 5.41) is 4.80. The van der Waals surface area contributed by atoms with Crippen LogP contribution in [0.3, 0.4) is 0 Å². The predicted molar refractivity (Wildman–Crippen MR) is 105 cm³/mol. The maximum absolute atomic E-state index is 12.8. The van der Waals surface area contributed by atoms with Gasteiger partial charge in [0.15, 0.2) is 0 Å². The van der Waals surface area contributed by atoms with Crippen LogP contribution in [0.25, 0.3) is 31.8 Å². The number of thiazole rings is 1. The van der Waals surface area contributed by atoms with Crippen molar-refractivity contribution in [2.24, 2.45) is 5.92 Å². The fraction of sp³-hybridized carbons (Fsp3) is 0.190. The van der Waals surface area contributed by atoms with Gasteiger partial charge in [-0.25, -0.2) is 9.97 Å². The number of rotatable bonds is 4. The lowest BCUT2D eigenvalue weighted by Crippen LogP contribution is -2.25. The molecule has 4 nitrogen and oxygen atoms in total. The number of para-hydroxylation sites is 2. The number of amides is 1.